The van der Waals surface area contributed by atoms with Gasteiger partial charge >= 0.3 is 6.18 Å². The molecule has 1 unspecified atom stereocenters. The summed E-state index contributed by atoms with van der Waals surface area (Å²) >= 11 is 1.87. The Labute approximate surface area is 77.1 Å². The number of rotatable bonds is 2. The van der Waals surface area contributed by atoms with E-state index in [1.165, 1.54) is 0 Å². The first kappa shape index (κ1) is 11.5. The van der Waals surface area contributed by atoms with E-state index in [-0.39, 0.29) is 6.42 Å². The number of halogens is 4. The quantitative estimate of drug-likeness (QED) is 0.609. The number of hydrogen-bond acceptors (Lipinski definition) is 1. The Hall–Kier alpha value is 0.480. The standard InChI is InChI=1S/C6H10F3IO/c1-5(2,10)3-4(11)6(7,8)9/h4,11H,3H2,1-2H3. The van der Waals surface area contributed by atoms with Gasteiger partial charge in [0, 0.05) is 3.42 Å². The Morgan fingerprint density at radius 1 is 1.36 bits per heavy atom. The van der Waals surface area contributed by atoms with Crippen molar-refractivity contribution in [3.8, 4) is 0 Å². The zero-order valence-corrected chi connectivity index (χ0v) is 8.40. The maximum absolute atomic E-state index is 11.7. The molecule has 0 spiro atoms. The van der Waals surface area contributed by atoms with E-state index in [0.29, 0.717) is 0 Å². The van der Waals surface area contributed by atoms with Crippen LogP contribution in [0.1, 0.15) is 20.3 Å². The van der Waals surface area contributed by atoms with Gasteiger partial charge in [0.2, 0.25) is 0 Å². The largest absolute Gasteiger partial charge is 0.414 e. The maximum Gasteiger partial charge on any atom is 0.414 e. The van der Waals surface area contributed by atoms with Crippen molar-refractivity contribution in [1.29, 1.82) is 0 Å². The molecule has 0 aliphatic heterocycles. The Morgan fingerprint density at radius 3 is 1.82 bits per heavy atom. The lowest BCUT2D eigenvalue weighted by Crippen LogP contribution is -2.33. The van der Waals surface area contributed by atoms with Gasteiger partial charge in [-0.25, -0.2) is 0 Å². The summed E-state index contributed by atoms with van der Waals surface area (Å²) in [6.07, 6.45) is -6.95. The van der Waals surface area contributed by atoms with Crippen LogP contribution in [0.2, 0.25) is 0 Å². The third kappa shape index (κ3) is 5.72. The van der Waals surface area contributed by atoms with Gasteiger partial charge in [-0.15, -0.1) is 0 Å². The number of hydrogen-bond donors (Lipinski definition) is 1. The molecule has 0 aromatic heterocycles. The molecule has 0 saturated carbocycles. The minimum Gasteiger partial charge on any atom is -0.384 e. The van der Waals surface area contributed by atoms with E-state index in [9.17, 15) is 13.2 Å². The van der Waals surface area contributed by atoms with Crippen LogP contribution in [0.25, 0.3) is 0 Å². The normalized spacial score (nSPS) is 16.6. The monoisotopic (exact) mass is 282 g/mol. The topological polar surface area (TPSA) is 20.2 Å². The Bertz CT molecular complexity index is 127. The third-order valence-electron chi connectivity index (χ3n) is 1.06. The highest BCUT2D eigenvalue weighted by Gasteiger charge is 2.40. The van der Waals surface area contributed by atoms with Gasteiger partial charge in [0.1, 0.15) is 0 Å². The van der Waals surface area contributed by atoms with Gasteiger partial charge in [0.05, 0.1) is 0 Å². The fraction of sp³-hybridized carbons (Fsp3) is 1.00. The molecule has 0 fully saturated rings. The Kier molecular flexibility index (Phi) is 3.62. The van der Waals surface area contributed by atoms with Gasteiger partial charge in [0.15, 0.2) is 6.10 Å². The van der Waals surface area contributed by atoms with Gasteiger partial charge in [-0.3, -0.25) is 0 Å². The first-order valence-corrected chi connectivity index (χ1v) is 4.14. The fourth-order valence-corrected chi connectivity index (χ4v) is 0.993. The summed E-state index contributed by atoms with van der Waals surface area (Å²) in [5.74, 6) is 0. The molecule has 0 amide bonds. The predicted molar refractivity (Wildman–Crippen MR) is 44.8 cm³/mol. The highest BCUT2D eigenvalue weighted by atomic mass is 127. The second-order valence-electron chi connectivity index (χ2n) is 2.98. The molecule has 0 heterocycles. The lowest BCUT2D eigenvalue weighted by Gasteiger charge is -2.22. The molecule has 0 aliphatic carbocycles. The Balaban J connectivity index is 3.99. The van der Waals surface area contributed by atoms with Crippen molar-refractivity contribution in [1.82, 2.24) is 0 Å². The SMILES string of the molecule is CC(C)(I)CC(O)C(F)(F)F. The van der Waals surface area contributed by atoms with Crippen LogP contribution < -0.4 is 0 Å². The molecule has 68 valence electrons. The van der Waals surface area contributed by atoms with Crippen LogP contribution in [0, 0.1) is 0 Å². The molecular formula is C6H10F3IO. The van der Waals surface area contributed by atoms with Crippen LogP contribution in [-0.4, -0.2) is 20.8 Å². The van der Waals surface area contributed by atoms with Crippen LogP contribution in [0.5, 0.6) is 0 Å². The fourth-order valence-electron chi connectivity index (χ4n) is 0.576. The third-order valence-corrected chi connectivity index (χ3v) is 1.50. The summed E-state index contributed by atoms with van der Waals surface area (Å²) in [6, 6.07) is 0. The lowest BCUT2D eigenvalue weighted by atomic mass is 10.1. The molecule has 0 aromatic carbocycles. The molecule has 1 N–H and O–H groups in total. The molecule has 11 heavy (non-hydrogen) atoms. The van der Waals surface area contributed by atoms with Crippen LogP contribution in [0.4, 0.5) is 13.2 Å². The van der Waals surface area contributed by atoms with Gasteiger partial charge in [0.25, 0.3) is 0 Å². The van der Waals surface area contributed by atoms with Crippen LogP contribution >= 0.6 is 22.6 Å². The van der Waals surface area contributed by atoms with Crippen molar-refractivity contribution < 1.29 is 18.3 Å². The summed E-state index contributed by atoms with van der Waals surface area (Å²) in [5.41, 5.74) is 0. The second-order valence-corrected chi connectivity index (χ2v) is 5.90. The lowest BCUT2D eigenvalue weighted by molar-refractivity contribution is -0.206. The molecular weight excluding hydrogens is 272 g/mol. The van der Waals surface area contributed by atoms with Gasteiger partial charge in [-0.2, -0.15) is 13.2 Å². The van der Waals surface area contributed by atoms with E-state index < -0.39 is 15.7 Å². The molecule has 0 bridgehead atoms. The van der Waals surface area contributed by atoms with Crippen molar-refractivity contribution in [2.24, 2.45) is 0 Å². The van der Waals surface area contributed by atoms with Gasteiger partial charge in [-0.05, 0) is 6.42 Å². The van der Waals surface area contributed by atoms with Crippen LogP contribution in [0.15, 0.2) is 0 Å². The van der Waals surface area contributed by atoms with E-state index in [4.69, 9.17) is 5.11 Å². The molecule has 1 atom stereocenters. The zero-order valence-electron chi connectivity index (χ0n) is 6.24. The minimum absolute atomic E-state index is 0.267. The smallest absolute Gasteiger partial charge is 0.384 e. The minimum atomic E-state index is -4.48. The summed E-state index contributed by atoms with van der Waals surface area (Å²) in [7, 11) is 0. The Morgan fingerprint density at radius 2 is 1.73 bits per heavy atom. The highest BCUT2D eigenvalue weighted by molar-refractivity contribution is 14.1. The van der Waals surface area contributed by atoms with Gasteiger partial charge in [-0.1, -0.05) is 36.4 Å². The molecule has 0 rings (SSSR count). The average molecular weight is 282 g/mol. The van der Waals surface area contributed by atoms with Crippen molar-refractivity contribution in [3.63, 3.8) is 0 Å². The summed E-state index contributed by atoms with van der Waals surface area (Å²) in [6.45, 7) is 3.28. The summed E-state index contributed by atoms with van der Waals surface area (Å²) in [4.78, 5) is 0. The molecule has 5 heteroatoms. The molecule has 0 aromatic rings. The first-order valence-electron chi connectivity index (χ1n) is 3.06. The molecule has 0 saturated heterocycles. The number of aliphatic hydroxyl groups is 1. The zero-order chi connectivity index (χ0) is 9.28. The number of alkyl halides is 4. The van der Waals surface area contributed by atoms with Crippen LogP contribution in [0.3, 0.4) is 0 Å². The van der Waals surface area contributed by atoms with E-state index in [2.05, 4.69) is 0 Å². The van der Waals surface area contributed by atoms with Gasteiger partial charge < -0.3 is 5.11 Å². The molecule has 0 aliphatic rings. The predicted octanol–water partition coefficient (Wildman–Crippen LogP) is 2.51. The van der Waals surface area contributed by atoms with Crippen molar-refractivity contribution in [2.75, 3.05) is 0 Å². The van der Waals surface area contributed by atoms with Crippen molar-refractivity contribution >= 4 is 22.6 Å². The maximum atomic E-state index is 11.7. The molecule has 0 radical (unpaired) electrons. The number of aliphatic hydroxyl groups excluding tert-OH is 1. The second kappa shape index (κ2) is 3.47. The van der Waals surface area contributed by atoms with Crippen LogP contribution in [-0.2, 0) is 0 Å². The molecule has 1 nitrogen and oxygen atoms in total. The van der Waals surface area contributed by atoms with Crippen molar-refractivity contribution in [2.45, 2.75) is 36.0 Å². The highest BCUT2D eigenvalue weighted by Crippen LogP contribution is 2.30. The van der Waals surface area contributed by atoms with E-state index in [1.807, 2.05) is 22.6 Å². The van der Waals surface area contributed by atoms with Crippen molar-refractivity contribution in [3.05, 3.63) is 0 Å². The first-order chi connectivity index (χ1) is 4.63. The summed E-state index contributed by atoms with van der Waals surface area (Å²) in [5, 5.41) is 8.59. The van der Waals surface area contributed by atoms with E-state index >= 15 is 0 Å². The van der Waals surface area contributed by atoms with E-state index in [0.717, 1.165) is 0 Å². The van der Waals surface area contributed by atoms with E-state index in [1.54, 1.807) is 13.8 Å². The average Bonchev–Trinajstić information content (AvgIpc) is 1.56. The summed E-state index contributed by atoms with van der Waals surface area (Å²) < 4.78 is 34.7.